The first-order valence-corrected chi connectivity index (χ1v) is 4.52. The van der Waals surface area contributed by atoms with Crippen molar-refractivity contribution in [3.05, 3.63) is 17.5 Å². The van der Waals surface area contributed by atoms with Crippen LogP contribution in [-0.2, 0) is 0 Å². The molecular weight excluding hydrogens is 152 g/mol. The van der Waals surface area contributed by atoms with Crippen LogP contribution in [0.5, 0.6) is 0 Å². The van der Waals surface area contributed by atoms with E-state index in [0.717, 1.165) is 12.3 Å². The van der Waals surface area contributed by atoms with Crippen molar-refractivity contribution in [1.29, 1.82) is 0 Å². The van der Waals surface area contributed by atoms with E-state index in [0.29, 0.717) is 6.04 Å². The summed E-state index contributed by atoms with van der Waals surface area (Å²) >= 11 is 0. The van der Waals surface area contributed by atoms with Gasteiger partial charge < -0.3 is 9.84 Å². The maximum Gasteiger partial charge on any atom is 0.138 e. The molecule has 2 rings (SSSR count). The lowest BCUT2D eigenvalue weighted by Crippen LogP contribution is -2.26. The molecule has 3 nitrogen and oxygen atoms in total. The van der Waals surface area contributed by atoms with E-state index in [4.69, 9.17) is 4.52 Å². The highest BCUT2D eigenvalue weighted by Crippen LogP contribution is 2.24. The second-order valence-electron chi connectivity index (χ2n) is 3.34. The Balaban J connectivity index is 2.13. The molecule has 1 atom stereocenters. The molecule has 1 aromatic heterocycles. The van der Waals surface area contributed by atoms with Gasteiger partial charge in [0.25, 0.3) is 0 Å². The molecule has 1 aliphatic rings. The lowest BCUT2D eigenvalue weighted by molar-refractivity contribution is 0.382. The lowest BCUT2D eigenvalue weighted by atomic mass is 9.99. The molecule has 0 bridgehead atoms. The van der Waals surface area contributed by atoms with E-state index < -0.39 is 0 Å². The molecule has 1 aromatic rings. The average Bonchev–Trinajstić information content (AvgIpc) is 2.53. The summed E-state index contributed by atoms with van der Waals surface area (Å²) in [5.74, 6) is 0.953. The Morgan fingerprint density at radius 3 is 3.08 bits per heavy atom. The van der Waals surface area contributed by atoms with Crippen LogP contribution in [0, 0.1) is 6.92 Å². The first kappa shape index (κ1) is 7.80. The van der Waals surface area contributed by atoms with Crippen LogP contribution in [0.1, 0.15) is 36.6 Å². The smallest absolute Gasteiger partial charge is 0.138 e. The minimum atomic E-state index is 0.477. The summed E-state index contributed by atoms with van der Waals surface area (Å²) in [6.45, 7) is 3.09. The molecule has 0 radical (unpaired) electrons. The normalized spacial score (nSPS) is 24.2. The summed E-state index contributed by atoms with van der Waals surface area (Å²) in [5, 5.41) is 7.24. The average molecular weight is 166 g/mol. The zero-order chi connectivity index (χ0) is 8.39. The first-order valence-electron chi connectivity index (χ1n) is 4.52. The molecule has 1 N–H and O–H groups in total. The molecule has 0 aromatic carbocycles. The summed E-state index contributed by atoms with van der Waals surface area (Å²) in [5.41, 5.74) is 1.23. The molecule has 66 valence electrons. The van der Waals surface area contributed by atoms with Crippen LogP contribution in [0.3, 0.4) is 0 Å². The fourth-order valence-corrected chi connectivity index (χ4v) is 1.76. The number of piperidine rings is 1. The van der Waals surface area contributed by atoms with Gasteiger partial charge in [-0.05, 0) is 26.3 Å². The van der Waals surface area contributed by atoms with Crippen molar-refractivity contribution in [1.82, 2.24) is 10.5 Å². The van der Waals surface area contributed by atoms with Crippen molar-refractivity contribution in [2.75, 3.05) is 6.54 Å². The fourth-order valence-electron chi connectivity index (χ4n) is 1.76. The molecule has 0 saturated carbocycles. The highest BCUT2D eigenvalue weighted by molar-refractivity contribution is 5.17. The summed E-state index contributed by atoms with van der Waals surface area (Å²) in [7, 11) is 0. The lowest BCUT2D eigenvalue weighted by Gasteiger charge is -2.22. The number of hydrogen-bond acceptors (Lipinski definition) is 3. The standard InChI is InChI=1S/C9H14N2O/c1-7-8(6-11-12-7)9-4-2-3-5-10-9/h6,9-10H,2-5H2,1H3. The number of aryl methyl sites for hydroxylation is 1. The van der Waals surface area contributed by atoms with Crippen LogP contribution in [0.25, 0.3) is 0 Å². The number of rotatable bonds is 1. The SMILES string of the molecule is Cc1oncc1C1CCCCN1. The Bertz CT molecular complexity index is 251. The van der Waals surface area contributed by atoms with E-state index in [1.807, 2.05) is 13.1 Å². The van der Waals surface area contributed by atoms with E-state index in [-0.39, 0.29) is 0 Å². The van der Waals surface area contributed by atoms with Crippen LogP contribution >= 0.6 is 0 Å². The third kappa shape index (κ3) is 1.37. The van der Waals surface area contributed by atoms with Crippen molar-refractivity contribution in [3.8, 4) is 0 Å². The Kier molecular flexibility index (Phi) is 2.13. The summed E-state index contributed by atoms with van der Waals surface area (Å²) in [4.78, 5) is 0. The summed E-state index contributed by atoms with van der Waals surface area (Å²) < 4.78 is 5.03. The molecule has 0 spiro atoms. The third-order valence-corrected chi connectivity index (χ3v) is 2.47. The first-order chi connectivity index (χ1) is 5.88. The quantitative estimate of drug-likeness (QED) is 0.691. The van der Waals surface area contributed by atoms with Crippen LogP contribution in [0.2, 0.25) is 0 Å². The van der Waals surface area contributed by atoms with Gasteiger partial charge in [0.1, 0.15) is 5.76 Å². The highest BCUT2D eigenvalue weighted by Gasteiger charge is 2.18. The van der Waals surface area contributed by atoms with Crippen molar-refractivity contribution >= 4 is 0 Å². The van der Waals surface area contributed by atoms with Gasteiger partial charge in [-0.25, -0.2) is 0 Å². The second kappa shape index (κ2) is 3.27. The van der Waals surface area contributed by atoms with Crippen molar-refractivity contribution in [2.45, 2.75) is 32.2 Å². The topological polar surface area (TPSA) is 38.1 Å². The fraction of sp³-hybridized carbons (Fsp3) is 0.667. The van der Waals surface area contributed by atoms with Gasteiger partial charge in [0.05, 0.1) is 6.20 Å². The molecule has 2 heterocycles. The molecule has 1 aliphatic heterocycles. The van der Waals surface area contributed by atoms with Crippen LogP contribution < -0.4 is 5.32 Å². The maximum atomic E-state index is 5.03. The number of nitrogens with one attached hydrogen (secondary N) is 1. The van der Waals surface area contributed by atoms with Gasteiger partial charge in [-0.2, -0.15) is 0 Å². The second-order valence-corrected chi connectivity index (χ2v) is 3.34. The Morgan fingerprint density at radius 1 is 1.58 bits per heavy atom. The summed E-state index contributed by atoms with van der Waals surface area (Å²) in [6, 6.07) is 0.477. The summed E-state index contributed by atoms with van der Waals surface area (Å²) in [6.07, 6.45) is 5.64. The largest absolute Gasteiger partial charge is 0.361 e. The predicted octanol–water partition coefficient (Wildman–Crippen LogP) is 1.80. The van der Waals surface area contributed by atoms with Gasteiger partial charge in [-0.3, -0.25) is 0 Å². The van der Waals surface area contributed by atoms with E-state index in [1.165, 1.54) is 24.8 Å². The van der Waals surface area contributed by atoms with Gasteiger partial charge in [0.2, 0.25) is 0 Å². The van der Waals surface area contributed by atoms with Gasteiger partial charge in [0.15, 0.2) is 0 Å². The molecule has 1 unspecified atom stereocenters. The van der Waals surface area contributed by atoms with Crippen molar-refractivity contribution in [2.24, 2.45) is 0 Å². The predicted molar refractivity (Wildman–Crippen MR) is 45.8 cm³/mol. The molecule has 1 fully saturated rings. The monoisotopic (exact) mass is 166 g/mol. The zero-order valence-corrected chi connectivity index (χ0v) is 7.34. The maximum absolute atomic E-state index is 5.03. The Morgan fingerprint density at radius 2 is 2.50 bits per heavy atom. The number of aromatic nitrogens is 1. The van der Waals surface area contributed by atoms with Crippen molar-refractivity contribution < 1.29 is 4.52 Å². The minimum Gasteiger partial charge on any atom is -0.361 e. The number of hydrogen-bond donors (Lipinski definition) is 1. The Labute approximate surface area is 72.1 Å². The van der Waals surface area contributed by atoms with Gasteiger partial charge >= 0.3 is 0 Å². The van der Waals surface area contributed by atoms with E-state index in [1.54, 1.807) is 0 Å². The van der Waals surface area contributed by atoms with Crippen LogP contribution in [0.15, 0.2) is 10.7 Å². The van der Waals surface area contributed by atoms with Crippen LogP contribution in [0.4, 0.5) is 0 Å². The van der Waals surface area contributed by atoms with E-state index in [2.05, 4.69) is 10.5 Å². The van der Waals surface area contributed by atoms with Crippen LogP contribution in [-0.4, -0.2) is 11.7 Å². The Hall–Kier alpha value is -0.830. The van der Waals surface area contributed by atoms with E-state index in [9.17, 15) is 0 Å². The zero-order valence-electron chi connectivity index (χ0n) is 7.34. The van der Waals surface area contributed by atoms with E-state index >= 15 is 0 Å². The van der Waals surface area contributed by atoms with Crippen molar-refractivity contribution in [3.63, 3.8) is 0 Å². The van der Waals surface area contributed by atoms with Gasteiger partial charge in [-0.15, -0.1) is 0 Å². The molecule has 1 saturated heterocycles. The molecule has 0 aliphatic carbocycles. The molecular formula is C9H14N2O. The minimum absolute atomic E-state index is 0.477. The third-order valence-electron chi connectivity index (χ3n) is 2.47. The van der Waals surface area contributed by atoms with Gasteiger partial charge in [0, 0.05) is 11.6 Å². The molecule has 12 heavy (non-hydrogen) atoms. The molecule has 0 amide bonds. The highest BCUT2D eigenvalue weighted by atomic mass is 16.5. The van der Waals surface area contributed by atoms with Gasteiger partial charge in [-0.1, -0.05) is 11.6 Å². The molecule has 3 heteroatoms. The number of nitrogens with zero attached hydrogens (tertiary/aromatic N) is 1.